The lowest BCUT2D eigenvalue weighted by Gasteiger charge is -2.15. The van der Waals surface area contributed by atoms with Crippen LogP contribution in [0.1, 0.15) is 18.1 Å². The number of hydrogen-bond acceptors (Lipinski definition) is 4. The maximum absolute atomic E-state index is 12.0. The van der Waals surface area contributed by atoms with Crippen LogP contribution in [-0.2, 0) is 14.3 Å². The van der Waals surface area contributed by atoms with Crippen LogP contribution in [-0.4, -0.2) is 24.6 Å². The molecule has 0 radical (unpaired) electrons. The van der Waals surface area contributed by atoms with E-state index < -0.39 is 24.6 Å². The molecule has 1 amide bonds. The molecule has 1 N–H and O–H groups in total. The zero-order valence-corrected chi connectivity index (χ0v) is 16.1. The van der Waals surface area contributed by atoms with Gasteiger partial charge in [0.05, 0.1) is 5.02 Å². The first-order valence-corrected chi connectivity index (χ1v) is 8.68. The minimum atomic E-state index is -0.929. The second kappa shape index (κ2) is 8.92. The summed E-state index contributed by atoms with van der Waals surface area (Å²) in [6.45, 7) is 4.96. The van der Waals surface area contributed by atoms with Gasteiger partial charge in [-0.05, 0) is 56.2 Å². The Morgan fingerprint density at radius 3 is 2.58 bits per heavy atom. The van der Waals surface area contributed by atoms with Gasteiger partial charge in [0.15, 0.2) is 12.7 Å². The minimum absolute atomic E-state index is 0.282. The number of aryl methyl sites for hydroxylation is 1. The van der Waals surface area contributed by atoms with E-state index in [0.29, 0.717) is 16.5 Å². The van der Waals surface area contributed by atoms with Gasteiger partial charge >= 0.3 is 5.97 Å². The van der Waals surface area contributed by atoms with Crippen LogP contribution in [0.4, 0.5) is 5.69 Å². The van der Waals surface area contributed by atoms with Crippen LogP contribution >= 0.6 is 23.2 Å². The molecule has 26 heavy (non-hydrogen) atoms. The molecule has 0 aromatic heterocycles. The molecule has 0 spiro atoms. The van der Waals surface area contributed by atoms with E-state index in [-0.39, 0.29) is 5.02 Å². The average molecular weight is 396 g/mol. The summed E-state index contributed by atoms with van der Waals surface area (Å²) in [6.07, 6.45) is -0.929. The summed E-state index contributed by atoms with van der Waals surface area (Å²) in [5, 5.41) is 3.46. The van der Waals surface area contributed by atoms with Gasteiger partial charge in [0, 0.05) is 10.7 Å². The number of ether oxygens (including phenoxy) is 2. The second-order valence-corrected chi connectivity index (χ2v) is 6.58. The Morgan fingerprint density at radius 2 is 1.88 bits per heavy atom. The molecule has 0 heterocycles. The number of amides is 1. The van der Waals surface area contributed by atoms with Gasteiger partial charge in [0.2, 0.25) is 0 Å². The van der Waals surface area contributed by atoms with E-state index in [9.17, 15) is 9.59 Å². The summed E-state index contributed by atoms with van der Waals surface area (Å²) in [7, 11) is 0. The van der Waals surface area contributed by atoms with Crippen molar-refractivity contribution in [1.29, 1.82) is 0 Å². The molecule has 0 saturated carbocycles. The lowest BCUT2D eigenvalue weighted by Crippen LogP contribution is -2.30. The second-order valence-electron chi connectivity index (χ2n) is 5.74. The fourth-order valence-electron chi connectivity index (χ4n) is 2.14. The van der Waals surface area contributed by atoms with Gasteiger partial charge in [-0.1, -0.05) is 35.3 Å². The minimum Gasteiger partial charge on any atom is -0.477 e. The molecule has 0 fully saturated rings. The number of nitrogens with one attached hydrogen (secondary N) is 1. The molecule has 0 bridgehead atoms. The van der Waals surface area contributed by atoms with Crippen LogP contribution in [0.3, 0.4) is 0 Å². The molecule has 138 valence electrons. The lowest BCUT2D eigenvalue weighted by atomic mass is 10.1. The average Bonchev–Trinajstić information content (AvgIpc) is 2.59. The fourth-order valence-corrected chi connectivity index (χ4v) is 2.59. The maximum Gasteiger partial charge on any atom is 0.347 e. The number of benzene rings is 2. The van der Waals surface area contributed by atoms with Crippen molar-refractivity contribution < 1.29 is 19.1 Å². The number of esters is 1. The van der Waals surface area contributed by atoms with E-state index >= 15 is 0 Å². The van der Waals surface area contributed by atoms with Crippen molar-refractivity contribution in [3.63, 3.8) is 0 Å². The first-order valence-electron chi connectivity index (χ1n) is 7.92. The summed E-state index contributed by atoms with van der Waals surface area (Å²) in [4.78, 5) is 24.0. The van der Waals surface area contributed by atoms with Crippen LogP contribution in [0.15, 0.2) is 36.4 Å². The Balaban J connectivity index is 1.87. The summed E-state index contributed by atoms with van der Waals surface area (Å²) >= 11 is 11.8. The number of hydrogen-bond donors (Lipinski definition) is 1. The summed E-state index contributed by atoms with van der Waals surface area (Å²) < 4.78 is 10.4. The normalized spacial score (nSPS) is 11.6. The quantitative estimate of drug-likeness (QED) is 0.728. The zero-order chi connectivity index (χ0) is 19.3. The molecule has 1 atom stereocenters. The molecule has 0 aliphatic rings. The third-order valence-electron chi connectivity index (χ3n) is 3.75. The summed E-state index contributed by atoms with van der Waals surface area (Å²) in [5.41, 5.74) is 2.70. The van der Waals surface area contributed by atoms with Crippen molar-refractivity contribution in [3.05, 3.63) is 57.6 Å². The molecule has 2 aromatic rings. The highest BCUT2D eigenvalue weighted by molar-refractivity contribution is 6.35. The molecular weight excluding hydrogens is 377 g/mol. The number of carbonyl (C=O) groups is 2. The van der Waals surface area contributed by atoms with E-state index in [1.54, 1.807) is 18.2 Å². The first-order chi connectivity index (χ1) is 12.3. The van der Waals surface area contributed by atoms with Crippen LogP contribution in [0.5, 0.6) is 5.75 Å². The highest BCUT2D eigenvalue weighted by Gasteiger charge is 2.19. The van der Waals surface area contributed by atoms with E-state index in [4.69, 9.17) is 32.7 Å². The number of anilines is 1. The van der Waals surface area contributed by atoms with E-state index in [1.807, 2.05) is 26.0 Å². The van der Waals surface area contributed by atoms with Gasteiger partial charge in [0.25, 0.3) is 5.91 Å². The predicted molar refractivity (Wildman–Crippen MR) is 102 cm³/mol. The lowest BCUT2D eigenvalue weighted by molar-refractivity contribution is -0.153. The van der Waals surface area contributed by atoms with Crippen molar-refractivity contribution in [3.8, 4) is 5.75 Å². The van der Waals surface area contributed by atoms with Crippen LogP contribution in [0.2, 0.25) is 10.0 Å². The SMILES string of the molecule is Cc1cccc(NC(=O)COC(=O)[C@@H](C)Oc2ccc(Cl)cc2Cl)c1C. The smallest absolute Gasteiger partial charge is 0.347 e. The van der Waals surface area contributed by atoms with Gasteiger partial charge in [0.1, 0.15) is 5.75 Å². The van der Waals surface area contributed by atoms with E-state index in [2.05, 4.69) is 5.32 Å². The molecule has 7 heteroatoms. The van der Waals surface area contributed by atoms with Gasteiger partial charge < -0.3 is 14.8 Å². The highest BCUT2D eigenvalue weighted by Crippen LogP contribution is 2.28. The Bertz CT molecular complexity index is 823. The number of rotatable bonds is 6. The highest BCUT2D eigenvalue weighted by atomic mass is 35.5. The number of halogens is 2. The van der Waals surface area contributed by atoms with Gasteiger partial charge in [-0.25, -0.2) is 4.79 Å². The first kappa shape index (κ1) is 20.1. The third-order valence-corrected chi connectivity index (χ3v) is 4.28. The van der Waals surface area contributed by atoms with Crippen molar-refractivity contribution in [2.24, 2.45) is 0 Å². The largest absolute Gasteiger partial charge is 0.477 e. The van der Waals surface area contributed by atoms with E-state index in [1.165, 1.54) is 13.0 Å². The van der Waals surface area contributed by atoms with Crippen LogP contribution in [0, 0.1) is 13.8 Å². The maximum atomic E-state index is 12.0. The Hall–Kier alpha value is -2.24. The van der Waals surface area contributed by atoms with Gasteiger partial charge in [-0.3, -0.25) is 4.79 Å². The van der Waals surface area contributed by atoms with Gasteiger partial charge in [-0.15, -0.1) is 0 Å². The van der Waals surface area contributed by atoms with Crippen LogP contribution in [0.25, 0.3) is 0 Å². The van der Waals surface area contributed by atoms with Crippen molar-refractivity contribution in [2.45, 2.75) is 26.9 Å². The van der Waals surface area contributed by atoms with Crippen LogP contribution < -0.4 is 10.1 Å². The Morgan fingerprint density at radius 1 is 1.15 bits per heavy atom. The van der Waals surface area contributed by atoms with Crippen molar-refractivity contribution in [2.75, 3.05) is 11.9 Å². The molecule has 2 rings (SSSR count). The molecular formula is C19H19Cl2NO4. The van der Waals surface area contributed by atoms with Gasteiger partial charge in [-0.2, -0.15) is 0 Å². The summed E-state index contributed by atoms with van der Waals surface area (Å²) in [6, 6.07) is 10.2. The molecule has 0 aliphatic heterocycles. The molecule has 0 saturated heterocycles. The Labute approximate surface area is 162 Å². The topological polar surface area (TPSA) is 64.6 Å². The molecule has 5 nitrogen and oxygen atoms in total. The molecule has 0 unspecified atom stereocenters. The van der Waals surface area contributed by atoms with E-state index in [0.717, 1.165) is 11.1 Å². The zero-order valence-electron chi connectivity index (χ0n) is 14.6. The number of carbonyl (C=O) groups excluding carboxylic acids is 2. The monoisotopic (exact) mass is 395 g/mol. The standard InChI is InChI=1S/C19H19Cl2NO4/c1-11-5-4-6-16(12(11)2)22-18(23)10-25-19(24)13(3)26-17-8-7-14(20)9-15(17)21/h4-9,13H,10H2,1-3H3,(H,22,23)/t13-/m1/s1. The summed E-state index contributed by atoms with van der Waals surface area (Å²) in [5.74, 6) is -0.795. The van der Waals surface area contributed by atoms with Crippen molar-refractivity contribution in [1.82, 2.24) is 0 Å². The Kier molecular flexibility index (Phi) is 6.89. The molecule has 2 aromatic carbocycles. The predicted octanol–water partition coefficient (Wildman–Crippen LogP) is 4.56. The third kappa shape index (κ3) is 5.38. The fraction of sp³-hybridized carbons (Fsp3) is 0.263. The molecule has 0 aliphatic carbocycles. The van der Waals surface area contributed by atoms with Crippen molar-refractivity contribution >= 4 is 40.8 Å².